The average Bonchev–Trinajstić information content (AvgIpc) is 2.25. The Morgan fingerprint density at radius 2 is 1.81 bits per heavy atom. The molecular weight excluding hydrogens is 202 g/mol. The molecule has 0 amide bonds. The van der Waals surface area contributed by atoms with Gasteiger partial charge in [0.05, 0.1) is 6.61 Å². The summed E-state index contributed by atoms with van der Waals surface area (Å²) in [6, 6.07) is 0.211. The lowest BCUT2D eigenvalue weighted by atomic mass is 9.99. The molecule has 1 N–H and O–H groups in total. The van der Waals surface area contributed by atoms with Crippen molar-refractivity contribution in [2.24, 2.45) is 5.92 Å². The molecule has 0 radical (unpaired) electrons. The third kappa shape index (κ3) is 6.11. The molecule has 0 aliphatic rings. The molecule has 0 aromatic rings. The number of ether oxygens (including phenoxy) is 1. The van der Waals surface area contributed by atoms with E-state index in [4.69, 9.17) is 4.74 Å². The molecule has 0 aromatic carbocycles. The fraction of sp³-hybridized carbons (Fsp3) is 0.923. The van der Waals surface area contributed by atoms with E-state index in [-0.39, 0.29) is 12.0 Å². The van der Waals surface area contributed by atoms with Crippen LogP contribution in [0.15, 0.2) is 0 Å². The van der Waals surface area contributed by atoms with Crippen LogP contribution in [0.1, 0.15) is 53.9 Å². The maximum Gasteiger partial charge on any atom is 0.323 e. The van der Waals surface area contributed by atoms with Crippen LogP contribution >= 0.6 is 0 Å². The number of carbonyl (C=O) groups excluding carboxylic acids is 1. The van der Waals surface area contributed by atoms with Crippen LogP contribution in [0.5, 0.6) is 0 Å². The van der Waals surface area contributed by atoms with Crippen molar-refractivity contribution in [2.75, 3.05) is 6.61 Å². The molecule has 96 valence electrons. The van der Waals surface area contributed by atoms with E-state index in [0.29, 0.717) is 18.6 Å². The summed E-state index contributed by atoms with van der Waals surface area (Å²) in [7, 11) is 0. The standard InChI is InChI=1S/C13H27NO2/c1-6-10(4)9-11(5)14-12(7-2)13(15)16-8-3/h10-12,14H,6-9H2,1-5H3. The van der Waals surface area contributed by atoms with Gasteiger partial charge in [-0.05, 0) is 32.6 Å². The second-order valence-electron chi connectivity index (χ2n) is 4.53. The molecule has 0 saturated heterocycles. The minimum absolute atomic E-state index is 0.124. The zero-order valence-corrected chi connectivity index (χ0v) is 11.4. The molecule has 0 aliphatic heterocycles. The van der Waals surface area contributed by atoms with Crippen molar-refractivity contribution in [3.8, 4) is 0 Å². The van der Waals surface area contributed by atoms with Crippen LogP contribution in [0.3, 0.4) is 0 Å². The minimum Gasteiger partial charge on any atom is -0.465 e. The Balaban J connectivity index is 4.05. The van der Waals surface area contributed by atoms with Gasteiger partial charge in [0, 0.05) is 6.04 Å². The van der Waals surface area contributed by atoms with Crippen LogP contribution in [-0.4, -0.2) is 24.7 Å². The highest BCUT2D eigenvalue weighted by atomic mass is 16.5. The number of carbonyl (C=O) groups is 1. The second-order valence-corrected chi connectivity index (χ2v) is 4.53. The van der Waals surface area contributed by atoms with Crippen molar-refractivity contribution in [1.82, 2.24) is 5.32 Å². The molecule has 3 atom stereocenters. The molecule has 0 aliphatic carbocycles. The summed E-state index contributed by atoms with van der Waals surface area (Å²) in [6.45, 7) is 10.9. The zero-order valence-electron chi connectivity index (χ0n) is 11.4. The third-order valence-electron chi connectivity index (χ3n) is 2.92. The van der Waals surface area contributed by atoms with E-state index in [0.717, 1.165) is 12.8 Å². The van der Waals surface area contributed by atoms with E-state index in [1.807, 2.05) is 13.8 Å². The number of hydrogen-bond acceptors (Lipinski definition) is 3. The van der Waals surface area contributed by atoms with Gasteiger partial charge in [0.25, 0.3) is 0 Å². The number of hydrogen-bond donors (Lipinski definition) is 1. The lowest BCUT2D eigenvalue weighted by Gasteiger charge is -2.22. The summed E-state index contributed by atoms with van der Waals surface area (Å²) in [5.41, 5.74) is 0. The highest BCUT2D eigenvalue weighted by Crippen LogP contribution is 2.10. The van der Waals surface area contributed by atoms with Crippen molar-refractivity contribution in [1.29, 1.82) is 0 Å². The first-order chi connectivity index (χ1) is 7.54. The fourth-order valence-corrected chi connectivity index (χ4v) is 1.78. The van der Waals surface area contributed by atoms with Gasteiger partial charge < -0.3 is 10.1 Å². The van der Waals surface area contributed by atoms with Crippen molar-refractivity contribution in [2.45, 2.75) is 66.0 Å². The summed E-state index contributed by atoms with van der Waals surface area (Å²) in [5.74, 6) is 0.572. The van der Waals surface area contributed by atoms with Crippen LogP contribution in [-0.2, 0) is 9.53 Å². The number of esters is 1. The average molecular weight is 229 g/mol. The van der Waals surface area contributed by atoms with Gasteiger partial charge in [-0.25, -0.2) is 0 Å². The second kappa shape index (κ2) is 8.57. The van der Waals surface area contributed by atoms with E-state index in [2.05, 4.69) is 26.1 Å². The van der Waals surface area contributed by atoms with Crippen LogP contribution < -0.4 is 5.32 Å². The molecule has 3 unspecified atom stereocenters. The van der Waals surface area contributed by atoms with Crippen LogP contribution in [0.2, 0.25) is 0 Å². The first-order valence-corrected chi connectivity index (χ1v) is 6.47. The summed E-state index contributed by atoms with van der Waals surface area (Å²) in [6.07, 6.45) is 3.07. The van der Waals surface area contributed by atoms with Gasteiger partial charge in [-0.3, -0.25) is 4.79 Å². The highest BCUT2D eigenvalue weighted by Gasteiger charge is 2.19. The van der Waals surface area contributed by atoms with E-state index in [1.54, 1.807) is 0 Å². The Bertz CT molecular complexity index is 194. The first-order valence-electron chi connectivity index (χ1n) is 6.47. The Labute approximate surface area is 99.9 Å². The molecule has 0 heterocycles. The monoisotopic (exact) mass is 229 g/mol. The van der Waals surface area contributed by atoms with E-state index in [1.165, 1.54) is 6.42 Å². The number of rotatable bonds is 8. The summed E-state index contributed by atoms with van der Waals surface area (Å²) in [5, 5.41) is 3.34. The molecule has 3 heteroatoms. The fourth-order valence-electron chi connectivity index (χ4n) is 1.78. The van der Waals surface area contributed by atoms with Crippen molar-refractivity contribution >= 4 is 5.97 Å². The molecule has 0 saturated carbocycles. The van der Waals surface area contributed by atoms with Gasteiger partial charge in [-0.15, -0.1) is 0 Å². The largest absolute Gasteiger partial charge is 0.465 e. The van der Waals surface area contributed by atoms with Gasteiger partial charge in [0.2, 0.25) is 0 Å². The van der Waals surface area contributed by atoms with Gasteiger partial charge in [0.15, 0.2) is 0 Å². The topological polar surface area (TPSA) is 38.3 Å². The smallest absolute Gasteiger partial charge is 0.323 e. The Morgan fingerprint density at radius 1 is 1.19 bits per heavy atom. The normalized spacial score (nSPS) is 16.6. The maximum absolute atomic E-state index is 11.6. The molecule has 16 heavy (non-hydrogen) atoms. The summed E-state index contributed by atoms with van der Waals surface area (Å²) < 4.78 is 5.03. The Hall–Kier alpha value is -0.570. The predicted octanol–water partition coefficient (Wildman–Crippen LogP) is 2.74. The molecular formula is C13H27NO2. The van der Waals surface area contributed by atoms with Gasteiger partial charge in [0.1, 0.15) is 6.04 Å². The Kier molecular flexibility index (Phi) is 8.26. The van der Waals surface area contributed by atoms with Gasteiger partial charge in [-0.2, -0.15) is 0 Å². The molecule has 0 bridgehead atoms. The van der Waals surface area contributed by atoms with Gasteiger partial charge >= 0.3 is 5.97 Å². The van der Waals surface area contributed by atoms with Crippen molar-refractivity contribution in [3.05, 3.63) is 0 Å². The van der Waals surface area contributed by atoms with Gasteiger partial charge in [-0.1, -0.05) is 27.2 Å². The van der Waals surface area contributed by atoms with Crippen molar-refractivity contribution in [3.63, 3.8) is 0 Å². The molecule has 0 aromatic heterocycles. The minimum atomic E-state index is -0.154. The first kappa shape index (κ1) is 15.4. The molecule has 3 nitrogen and oxygen atoms in total. The van der Waals surface area contributed by atoms with E-state index in [9.17, 15) is 4.79 Å². The van der Waals surface area contributed by atoms with Crippen LogP contribution in [0, 0.1) is 5.92 Å². The summed E-state index contributed by atoms with van der Waals surface area (Å²) in [4.78, 5) is 11.6. The zero-order chi connectivity index (χ0) is 12.6. The number of nitrogens with one attached hydrogen (secondary N) is 1. The van der Waals surface area contributed by atoms with E-state index < -0.39 is 0 Å². The lowest BCUT2D eigenvalue weighted by molar-refractivity contribution is -0.146. The van der Waals surface area contributed by atoms with E-state index >= 15 is 0 Å². The lowest BCUT2D eigenvalue weighted by Crippen LogP contribution is -2.43. The SMILES string of the molecule is CCOC(=O)C(CC)NC(C)CC(C)CC. The third-order valence-corrected chi connectivity index (χ3v) is 2.92. The molecule has 0 fully saturated rings. The van der Waals surface area contributed by atoms with Crippen molar-refractivity contribution < 1.29 is 9.53 Å². The quantitative estimate of drug-likeness (QED) is 0.650. The Morgan fingerprint density at radius 3 is 2.25 bits per heavy atom. The maximum atomic E-state index is 11.6. The summed E-state index contributed by atoms with van der Waals surface area (Å²) >= 11 is 0. The van der Waals surface area contributed by atoms with Crippen LogP contribution in [0.4, 0.5) is 0 Å². The molecule has 0 spiro atoms. The molecule has 0 rings (SSSR count). The predicted molar refractivity (Wildman–Crippen MR) is 67.4 cm³/mol. The highest BCUT2D eigenvalue weighted by molar-refractivity contribution is 5.75. The van der Waals surface area contributed by atoms with Crippen LogP contribution in [0.25, 0.3) is 0 Å².